The molecule has 4 rings (SSSR count). The van der Waals surface area contributed by atoms with Crippen molar-refractivity contribution in [2.24, 2.45) is 0 Å². The van der Waals surface area contributed by atoms with E-state index in [1.165, 1.54) is 17.6 Å². The smallest absolute Gasteiger partial charge is 0.265 e. The van der Waals surface area contributed by atoms with E-state index in [-0.39, 0.29) is 31.0 Å². The Kier molecular flexibility index (Phi) is 8.77. The van der Waals surface area contributed by atoms with Crippen molar-refractivity contribution in [1.82, 2.24) is 5.48 Å². The maximum Gasteiger partial charge on any atom is 0.265 e. The first kappa shape index (κ1) is 27.4. The molecule has 0 bridgehead atoms. The molecule has 196 valence electrons. The predicted octanol–water partition coefficient (Wildman–Crippen LogP) is 5.50. The number of sulfone groups is 1. The Balaban J connectivity index is 1.36. The van der Waals surface area contributed by atoms with Crippen molar-refractivity contribution in [3.05, 3.63) is 82.3 Å². The number of benzene rings is 3. The van der Waals surface area contributed by atoms with Gasteiger partial charge in [-0.25, -0.2) is 13.9 Å². The number of rotatable bonds is 9. The molecule has 0 spiro atoms. The fraction of sp³-hybridized carbons (Fsp3) is 0.296. The largest absolute Gasteiger partial charge is 0.494 e. The maximum absolute atomic E-state index is 13.3. The molecule has 0 aliphatic carbocycles. The van der Waals surface area contributed by atoms with E-state index in [0.717, 1.165) is 29.5 Å². The van der Waals surface area contributed by atoms with Gasteiger partial charge in [0.2, 0.25) is 0 Å². The second-order valence-electron chi connectivity index (χ2n) is 8.83. The fourth-order valence-corrected chi connectivity index (χ4v) is 6.92. The zero-order valence-electron chi connectivity index (χ0n) is 20.0. The van der Waals surface area contributed by atoms with Crippen LogP contribution in [0.3, 0.4) is 0 Å². The summed E-state index contributed by atoms with van der Waals surface area (Å²) < 4.78 is 35.9. The van der Waals surface area contributed by atoms with Crippen LogP contribution in [0.4, 0.5) is 0 Å². The van der Waals surface area contributed by atoms with Gasteiger partial charge in [-0.3, -0.25) is 10.0 Å². The summed E-state index contributed by atoms with van der Waals surface area (Å²) in [7, 11) is -4.07. The number of hydrogen-bond acceptors (Lipinski definition) is 6. The van der Waals surface area contributed by atoms with Crippen molar-refractivity contribution in [3.63, 3.8) is 0 Å². The van der Waals surface area contributed by atoms with Crippen LogP contribution in [0, 0.1) is 0 Å². The van der Waals surface area contributed by atoms with Gasteiger partial charge in [-0.2, -0.15) is 0 Å². The van der Waals surface area contributed by atoms with Crippen LogP contribution in [-0.2, 0) is 25.8 Å². The summed E-state index contributed by atoms with van der Waals surface area (Å²) in [5, 5.41) is 10.3. The van der Waals surface area contributed by atoms with Crippen molar-refractivity contribution < 1.29 is 27.9 Å². The average Bonchev–Trinajstić information content (AvgIpc) is 2.91. The van der Waals surface area contributed by atoms with Crippen LogP contribution in [0.15, 0.2) is 71.6 Å². The van der Waals surface area contributed by atoms with Crippen LogP contribution in [0.2, 0.25) is 10.0 Å². The molecule has 1 aliphatic rings. The molecule has 3 aromatic rings. The number of amides is 1. The molecular weight excluding hydrogens is 537 g/mol. The van der Waals surface area contributed by atoms with E-state index < -0.39 is 20.5 Å². The van der Waals surface area contributed by atoms with Gasteiger partial charge in [0.05, 0.1) is 11.5 Å². The molecule has 2 N–H and O–H groups in total. The van der Waals surface area contributed by atoms with Gasteiger partial charge < -0.3 is 9.47 Å². The lowest BCUT2D eigenvalue weighted by molar-refractivity contribution is -0.134. The topological polar surface area (TPSA) is 102 Å². The molecule has 0 unspecified atom stereocenters. The van der Waals surface area contributed by atoms with Crippen LogP contribution in [-0.4, -0.2) is 44.1 Å². The third-order valence-electron chi connectivity index (χ3n) is 6.47. The zero-order valence-corrected chi connectivity index (χ0v) is 22.3. The van der Waals surface area contributed by atoms with Gasteiger partial charge in [-0.1, -0.05) is 47.5 Å². The Labute approximate surface area is 226 Å². The van der Waals surface area contributed by atoms with E-state index in [1.54, 1.807) is 18.2 Å². The lowest BCUT2D eigenvalue weighted by Gasteiger charge is -2.34. The molecule has 1 aliphatic heterocycles. The normalized spacial score (nSPS) is 15.2. The first-order valence-corrected chi connectivity index (χ1v) is 14.0. The molecule has 1 fully saturated rings. The minimum atomic E-state index is -4.07. The van der Waals surface area contributed by atoms with Gasteiger partial charge >= 0.3 is 0 Å². The molecule has 1 heterocycles. The number of halogens is 2. The van der Waals surface area contributed by atoms with Gasteiger partial charge in [0.1, 0.15) is 5.75 Å². The number of nitrogens with one attached hydrogen (secondary N) is 1. The summed E-state index contributed by atoms with van der Waals surface area (Å²) in [4.78, 5) is 12.4. The Morgan fingerprint density at radius 1 is 0.973 bits per heavy atom. The lowest BCUT2D eigenvalue weighted by atomic mass is 9.98. The van der Waals surface area contributed by atoms with Crippen LogP contribution < -0.4 is 10.2 Å². The van der Waals surface area contributed by atoms with Gasteiger partial charge in [0.15, 0.2) is 14.6 Å². The van der Waals surface area contributed by atoms with Crippen molar-refractivity contribution >= 4 is 38.9 Å². The van der Waals surface area contributed by atoms with E-state index >= 15 is 0 Å². The molecule has 10 heteroatoms. The number of carbonyl (C=O) groups is 1. The Morgan fingerprint density at radius 3 is 2.30 bits per heavy atom. The Bertz CT molecular complexity index is 1340. The third-order valence-corrected chi connectivity index (χ3v) is 9.42. The maximum atomic E-state index is 13.3. The SMILES string of the molecule is O=C(NO)C1(S(=O)(=O)c2ccc(OCCCc3cccc(-c4cc(Cl)cc(Cl)c4)c3)cc2)CCOCC1. The predicted molar refractivity (Wildman–Crippen MR) is 142 cm³/mol. The Morgan fingerprint density at radius 2 is 1.65 bits per heavy atom. The van der Waals surface area contributed by atoms with E-state index in [2.05, 4.69) is 6.07 Å². The minimum absolute atomic E-state index is 0.0108. The molecule has 0 radical (unpaired) electrons. The quantitative estimate of drug-likeness (QED) is 0.202. The standard InChI is InChI=1S/C27H27Cl2NO6S/c28-22-16-21(17-23(29)18-22)20-5-1-3-19(15-20)4-2-12-36-24-6-8-25(9-7-24)37(33,34)27(26(31)30-32)10-13-35-14-11-27/h1,3,5-9,15-18,32H,2,4,10-14H2,(H,30,31). The molecule has 1 amide bonds. The van der Waals surface area contributed by atoms with Gasteiger partial charge in [0, 0.05) is 23.3 Å². The molecule has 7 nitrogen and oxygen atoms in total. The highest BCUT2D eigenvalue weighted by Gasteiger charge is 2.52. The van der Waals surface area contributed by atoms with Gasteiger partial charge in [0.25, 0.3) is 5.91 Å². The van der Waals surface area contributed by atoms with Gasteiger partial charge in [-0.05, 0) is 84.8 Å². The first-order chi connectivity index (χ1) is 17.7. The summed E-state index contributed by atoms with van der Waals surface area (Å²) in [6, 6.07) is 19.6. The molecule has 1 saturated heterocycles. The van der Waals surface area contributed by atoms with Crippen molar-refractivity contribution in [2.75, 3.05) is 19.8 Å². The highest BCUT2D eigenvalue weighted by Crippen LogP contribution is 2.36. The molecule has 3 aromatic carbocycles. The summed E-state index contributed by atoms with van der Waals surface area (Å²) in [6.45, 7) is 0.667. The second kappa shape index (κ2) is 11.8. The number of hydroxylamine groups is 1. The first-order valence-electron chi connectivity index (χ1n) is 11.8. The fourth-order valence-electron chi connectivity index (χ4n) is 4.45. The second-order valence-corrected chi connectivity index (χ2v) is 12.0. The molecule has 0 saturated carbocycles. The van der Waals surface area contributed by atoms with E-state index in [0.29, 0.717) is 22.4 Å². The van der Waals surface area contributed by atoms with Crippen molar-refractivity contribution in [1.29, 1.82) is 0 Å². The number of aryl methyl sites for hydroxylation is 1. The number of hydrogen-bond donors (Lipinski definition) is 2. The average molecular weight is 564 g/mol. The summed E-state index contributed by atoms with van der Waals surface area (Å²) in [5.74, 6) is -0.424. The summed E-state index contributed by atoms with van der Waals surface area (Å²) in [5.41, 5.74) is 4.63. The molecule has 0 aromatic heterocycles. The zero-order chi connectivity index (χ0) is 26.5. The summed E-state index contributed by atoms with van der Waals surface area (Å²) >= 11 is 12.3. The monoisotopic (exact) mass is 563 g/mol. The Hall–Kier alpha value is -2.62. The summed E-state index contributed by atoms with van der Waals surface area (Å²) in [6.07, 6.45) is 1.46. The van der Waals surface area contributed by atoms with E-state index in [1.807, 2.05) is 30.3 Å². The highest BCUT2D eigenvalue weighted by atomic mass is 35.5. The molecular formula is C27H27Cl2NO6S. The van der Waals surface area contributed by atoms with Crippen LogP contribution in [0.1, 0.15) is 24.8 Å². The van der Waals surface area contributed by atoms with Crippen LogP contribution in [0.25, 0.3) is 11.1 Å². The van der Waals surface area contributed by atoms with E-state index in [9.17, 15) is 13.2 Å². The number of carbonyl (C=O) groups excluding carboxylic acids is 1. The minimum Gasteiger partial charge on any atom is -0.494 e. The molecule has 37 heavy (non-hydrogen) atoms. The van der Waals surface area contributed by atoms with Crippen molar-refractivity contribution in [3.8, 4) is 16.9 Å². The lowest BCUT2D eigenvalue weighted by Crippen LogP contribution is -2.54. The highest BCUT2D eigenvalue weighted by molar-refractivity contribution is 7.93. The van der Waals surface area contributed by atoms with Crippen LogP contribution in [0.5, 0.6) is 5.75 Å². The number of ether oxygens (including phenoxy) is 2. The third kappa shape index (κ3) is 6.10. The van der Waals surface area contributed by atoms with Crippen LogP contribution >= 0.6 is 23.2 Å². The molecule has 0 atom stereocenters. The van der Waals surface area contributed by atoms with E-state index in [4.69, 9.17) is 37.9 Å². The van der Waals surface area contributed by atoms with Crippen molar-refractivity contribution in [2.45, 2.75) is 35.3 Å². The van der Waals surface area contributed by atoms with Gasteiger partial charge in [-0.15, -0.1) is 0 Å².